The standard InChI is InChI=1S/C15H20ClFN2O/c1-2-19(10-11-4-3-7-18-9-11)15(20)13-6-5-12(17)8-14(13)16/h5-6,8,11,18H,2-4,7,9-10H2,1H3. The lowest BCUT2D eigenvalue weighted by atomic mass is 9.98. The van der Waals surface area contributed by atoms with Crippen LogP contribution < -0.4 is 5.32 Å². The molecule has 0 aromatic heterocycles. The Morgan fingerprint density at radius 2 is 2.35 bits per heavy atom. The second-order valence-electron chi connectivity index (χ2n) is 5.18. The van der Waals surface area contributed by atoms with Crippen molar-refractivity contribution in [3.05, 3.63) is 34.6 Å². The van der Waals surface area contributed by atoms with E-state index < -0.39 is 5.82 Å². The molecule has 1 amide bonds. The number of nitrogens with one attached hydrogen (secondary N) is 1. The van der Waals surface area contributed by atoms with E-state index in [4.69, 9.17) is 11.6 Å². The van der Waals surface area contributed by atoms with Gasteiger partial charge in [-0.3, -0.25) is 4.79 Å². The maximum absolute atomic E-state index is 13.0. The Balaban J connectivity index is 2.07. The summed E-state index contributed by atoms with van der Waals surface area (Å²) in [6.07, 6.45) is 2.28. The molecule has 1 aromatic rings. The molecule has 110 valence electrons. The number of carbonyl (C=O) groups excluding carboxylic acids is 1. The Labute approximate surface area is 124 Å². The molecule has 1 unspecified atom stereocenters. The van der Waals surface area contributed by atoms with E-state index in [2.05, 4.69) is 5.32 Å². The SMILES string of the molecule is CCN(CC1CCCNC1)C(=O)c1ccc(F)cc1Cl. The number of nitrogens with zero attached hydrogens (tertiary/aromatic N) is 1. The van der Waals surface area contributed by atoms with Gasteiger partial charge in [-0.15, -0.1) is 0 Å². The molecule has 0 bridgehead atoms. The number of hydrogen-bond acceptors (Lipinski definition) is 2. The van der Waals surface area contributed by atoms with E-state index in [1.807, 2.05) is 6.92 Å². The van der Waals surface area contributed by atoms with Gasteiger partial charge in [-0.05, 0) is 57.0 Å². The summed E-state index contributed by atoms with van der Waals surface area (Å²) in [6, 6.07) is 3.92. The highest BCUT2D eigenvalue weighted by Gasteiger charge is 2.22. The molecule has 1 N–H and O–H groups in total. The number of piperidine rings is 1. The molecule has 1 atom stereocenters. The molecule has 0 radical (unpaired) electrons. The molecule has 2 rings (SSSR count). The highest BCUT2D eigenvalue weighted by atomic mass is 35.5. The highest BCUT2D eigenvalue weighted by Crippen LogP contribution is 2.20. The summed E-state index contributed by atoms with van der Waals surface area (Å²) in [6.45, 7) is 5.30. The van der Waals surface area contributed by atoms with Crippen molar-refractivity contribution in [3.63, 3.8) is 0 Å². The lowest BCUT2D eigenvalue weighted by Gasteiger charge is -2.29. The molecule has 0 spiro atoms. The first kappa shape index (κ1) is 15.3. The van der Waals surface area contributed by atoms with Crippen molar-refractivity contribution in [2.75, 3.05) is 26.2 Å². The van der Waals surface area contributed by atoms with E-state index in [1.54, 1.807) is 4.90 Å². The van der Waals surface area contributed by atoms with Gasteiger partial charge in [0.05, 0.1) is 10.6 Å². The zero-order valence-corrected chi connectivity index (χ0v) is 12.4. The Morgan fingerprint density at radius 3 is 2.95 bits per heavy atom. The minimum Gasteiger partial charge on any atom is -0.339 e. The molecule has 1 heterocycles. The molecule has 3 nitrogen and oxygen atoms in total. The van der Waals surface area contributed by atoms with E-state index in [0.29, 0.717) is 18.0 Å². The smallest absolute Gasteiger partial charge is 0.255 e. The summed E-state index contributed by atoms with van der Waals surface area (Å²) >= 11 is 5.97. The van der Waals surface area contributed by atoms with Crippen LogP contribution in [0.2, 0.25) is 5.02 Å². The van der Waals surface area contributed by atoms with Crippen LogP contribution in [-0.4, -0.2) is 37.0 Å². The van der Waals surface area contributed by atoms with E-state index >= 15 is 0 Å². The Kier molecular flexibility index (Phi) is 5.38. The summed E-state index contributed by atoms with van der Waals surface area (Å²) in [7, 11) is 0. The normalized spacial score (nSPS) is 18.9. The highest BCUT2D eigenvalue weighted by molar-refractivity contribution is 6.33. The van der Waals surface area contributed by atoms with Crippen LogP contribution in [0.4, 0.5) is 4.39 Å². The molecule has 5 heteroatoms. The molecular formula is C15H20ClFN2O. The van der Waals surface area contributed by atoms with Crippen LogP contribution in [0.3, 0.4) is 0 Å². The Morgan fingerprint density at radius 1 is 1.55 bits per heavy atom. The van der Waals surface area contributed by atoms with Gasteiger partial charge in [-0.25, -0.2) is 4.39 Å². The quantitative estimate of drug-likeness (QED) is 0.927. The number of hydrogen-bond donors (Lipinski definition) is 1. The van der Waals surface area contributed by atoms with Crippen LogP contribution in [0.5, 0.6) is 0 Å². The average Bonchev–Trinajstić information content (AvgIpc) is 2.45. The van der Waals surface area contributed by atoms with Crippen molar-refractivity contribution >= 4 is 17.5 Å². The second kappa shape index (κ2) is 7.04. The lowest BCUT2D eigenvalue weighted by molar-refractivity contribution is 0.0729. The maximum Gasteiger partial charge on any atom is 0.255 e. The predicted octanol–water partition coefficient (Wildman–Crippen LogP) is 2.94. The summed E-state index contributed by atoms with van der Waals surface area (Å²) in [4.78, 5) is 14.3. The third-order valence-corrected chi connectivity index (χ3v) is 4.02. The first-order valence-corrected chi connectivity index (χ1v) is 7.44. The minimum atomic E-state index is -0.425. The van der Waals surface area contributed by atoms with Gasteiger partial charge in [0.2, 0.25) is 0 Å². The van der Waals surface area contributed by atoms with E-state index in [1.165, 1.54) is 18.2 Å². The molecule has 0 saturated carbocycles. The molecular weight excluding hydrogens is 279 g/mol. The maximum atomic E-state index is 13.0. The monoisotopic (exact) mass is 298 g/mol. The van der Waals surface area contributed by atoms with Crippen LogP contribution in [0, 0.1) is 11.7 Å². The van der Waals surface area contributed by atoms with Crippen LogP contribution in [0.25, 0.3) is 0 Å². The van der Waals surface area contributed by atoms with Gasteiger partial charge < -0.3 is 10.2 Å². The van der Waals surface area contributed by atoms with Crippen molar-refractivity contribution in [1.29, 1.82) is 0 Å². The van der Waals surface area contributed by atoms with Crippen LogP contribution in [0.1, 0.15) is 30.1 Å². The van der Waals surface area contributed by atoms with E-state index in [9.17, 15) is 9.18 Å². The third kappa shape index (κ3) is 3.70. The first-order chi connectivity index (χ1) is 9.61. The predicted molar refractivity (Wildman–Crippen MR) is 78.6 cm³/mol. The second-order valence-corrected chi connectivity index (χ2v) is 5.59. The largest absolute Gasteiger partial charge is 0.339 e. The number of halogens is 2. The zero-order valence-electron chi connectivity index (χ0n) is 11.7. The molecule has 1 aliphatic rings. The van der Waals surface area contributed by atoms with Crippen LogP contribution in [0.15, 0.2) is 18.2 Å². The van der Waals surface area contributed by atoms with Gasteiger partial charge in [0.15, 0.2) is 0 Å². The van der Waals surface area contributed by atoms with E-state index in [-0.39, 0.29) is 10.9 Å². The van der Waals surface area contributed by atoms with Crippen LogP contribution >= 0.6 is 11.6 Å². The van der Waals surface area contributed by atoms with Gasteiger partial charge in [-0.2, -0.15) is 0 Å². The minimum absolute atomic E-state index is 0.122. The fraction of sp³-hybridized carbons (Fsp3) is 0.533. The number of benzene rings is 1. The van der Waals surface area contributed by atoms with Gasteiger partial charge in [-0.1, -0.05) is 11.6 Å². The molecule has 0 aliphatic carbocycles. The molecule has 1 aromatic carbocycles. The van der Waals surface area contributed by atoms with Gasteiger partial charge in [0, 0.05) is 13.1 Å². The number of rotatable bonds is 4. The van der Waals surface area contributed by atoms with Crippen molar-refractivity contribution in [2.45, 2.75) is 19.8 Å². The summed E-state index contributed by atoms with van der Waals surface area (Å²) in [5.41, 5.74) is 0.374. The van der Waals surface area contributed by atoms with Crippen molar-refractivity contribution in [1.82, 2.24) is 10.2 Å². The fourth-order valence-electron chi connectivity index (χ4n) is 2.58. The van der Waals surface area contributed by atoms with Gasteiger partial charge in [0.25, 0.3) is 5.91 Å². The van der Waals surface area contributed by atoms with Gasteiger partial charge in [0.1, 0.15) is 5.82 Å². The number of carbonyl (C=O) groups is 1. The van der Waals surface area contributed by atoms with Crippen molar-refractivity contribution in [3.8, 4) is 0 Å². The van der Waals surface area contributed by atoms with Crippen molar-refractivity contribution < 1.29 is 9.18 Å². The number of amides is 1. The molecule has 1 saturated heterocycles. The molecule has 1 fully saturated rings. The summed E-state index contributed by atoms with van der Waals surface area (Å²) < 4.78 is 13.0. The molecule has 1 aliphatic heterocycles. The lowest BCUT2D eigenvalue weighted by Crippen LogP contribution is -2.41. The summed E-state index contributed by atoms with van der Waals surface area (Å²) in [5.74, 6) is -0.0685. The third-order valence-electron chi connectivity index (χ3n) is 3.71. The Bertz CT molecular complexity index is 475. The first-order valence-electron chi connectivity index (χ1n) is 7.07. The topological polar surface area (TPSA) is 32.3 Å². The van der Waals surface area contributed by atoms with Crippen LogP contribution in [-0.2, 0) is 0 Å². The fourth-order valence-corrected chi connectivity index (χ4v) is 2.83. The zero-order chi connectivity index (χ0) is 14.5. The van der Waals surface area contributed by atoms with Gasteiger partial charge >= 0.3 is 0 Å². The average molecular weight is 299 g/mol. The van der Waals surface area contributed by atoms with E-state index in [0.717, 1.165) is 32.5 Å². The van der Waals surface area contributed by atoms with Crippen molar-refractivity contribution in [2.24, 2.45) is 5.92 Å². The molecule has 20 heavy (non-hydrogen) atoms. The summed E-state index contributed by atoms with van der Waals surface area (Å²) in [5, 5.41) is 3.52. The Hall–Kier alpha value is -1.13.